The molecular formula is C23H15NO3. The van der Waals surface area contributed by atoms with Crippen molar-refractivity contribution in [2.45, 2.75) is 0 Å². The minimum atomic E-state index is -0.349. The van der Waals surface area contributed by atoms with Crippen LogP contribution in [-0.2, 0) is 0 Å². The van der Waals surface area contributed by atoms with E-state index in [0.717, 1.165) is 5.56 Å². The number of rotatable bonds is 3. The van der Waals surface area contributed by atoms with Crippen LogP contribution >= 0.6 is 0 Å². The van der Waals surface area contributed by atoms with Gasteiger partial charge in [-0.15, -0.1) is 0 Å². The third-order valence-corrected chi connectivity index (χ3v) is 4.61. The number of ketones is 2. The van der Waals surface area contributed by atoms with E-state index >= 15 is 0 Å². The Morgan fingerprint density at radius 2 is 1.41 bits per heavy atom. The maximum Gasteiger partial charge on any atom is 0.255 e. The first-order valence-corrected chi connectivity index (χ1v) is 8.45. The van der Waals surface area contributed by atoms with E-state index in [1.165, 1.54) is 0 Å². The van der Waals surface area contributed by atoms with Gasteiger partial charge in [0.1, 0.15) is 0 Å². The molecule has 0 aromatic heterocycles. The Morgan fingerprint density at radius 1 is 0.778 bits per heavy atom. The topological polar surface area (TPSA) is 63.2 Å². The van der Waals surface area contributed by atoms with Gasteiger partial charge in [-0.1, -0.05) is 61.2 Å². The van der Waals surface area contributed by atoms with Crippen molar-refractivity contribution in [3.8, 4) is 0 Å². The molecule has 0 bridgehead atoms. The lowest BCUT2D eigenvalue weighted by Gasteiger charge is -2.20. The van der Waals surface area contributed by atoms with Gasteiger partial charge >= 0.3 is 0 Å². The van der Waals surface area contributed by atoms with E-state index in [9.17, 15) is 14.4 Å². The lowest BCUT2D eigenvalue weighted by atomic mass is 9.83. The predicted molar refractivity (Wildman–Crippen MR) is 104 cm³/mol. The minimum Gasteiger partial charge on any atom is -0.321 e. The molecular weight excluding hydrogens is 338 g/mol. The van der Waals surface area contributed by atoms with Crippen molar-refractivity contribution in [1.82, 2.24) is 0 Å². The Bertz CT molecular complexity index is 1110. The predicted octanol–water partition coefficient (Wildman–Crippen LogP) is 4.36. The molecule has 0 atom stereocenters. The summed E-state index contributed by atoms with van der Waals surface area (Å²) in [5.74, 6) is -0.831. The summed E-state index contributed by atoms with van der Waals surface area (Å²) < 4.78 is 0. The van der Waals surface area contributed by atoms with Gasteiger partial charge in [-0.05, 0) is 23.8 Å². The quantitative estimate of drug-likeness (QED) is 0.595. The second-order valence-corrected chi connectivity index (χ2v) is 6.21. The van der Waals surface area contributed by atoms with Gasteiger partial charge in [0.05, 0.1) is 11.3 Å². The molecule has 3 aromatic rings. The van der Waals surface area contributed by atoms with Gasteiger partial charge in [-0.25, -0.2) is 0 Å². The third kappa shape index (κ3) is 2.77. The van der Waals surface area contributed by atoms with Crippen molar-refractivity contribution < 1.29 is 14.4 Å². The summed E-state index contributed by atoms with van der Waals surface area (Å²) in [6, 6.07) is 18.6. The fraction of sp³-hybridized carbons (Fsp3) is 0. The zero-order valence-corrected chi connectivity index (χ0v) is 14.4. The standard InChI is InChI=1S/C23H15NO3/c1-2-14-10-12-15(13-11-14)23(27)24-19-9-5-8-18-20(19)22(26)17-7-4-3-6-16(17)21(18)25/h2-13H,1H2,(H,24,27). The zero-order valence-electron chi connectivity index (χ0n) is 14.4. The highest BCUT2D eigenvalue weighted by molar-refractivity contribution is 6.30. The summed E-state index contributed by atoms with van der Waals surface area (Å²) in [6.45, 7) is 3.69. The number of anilines is 1. The first-order valence-electron chi connectivity index (χ1n) is 8.45. The first kappa shape index (κ1) is 16.7. The van der Waals surface area contributed by atoms with Crippen LogP contribution < -0.4 is 5.32 Å². The number of amides is 1. The molecule has 1 aliphatic carbocycles. The van der Waals surface area contributed by atoms with E-state index in [2.05, 4.69) is 11.9 Å². The molecule has 1 amide bonds. The SMILES string of the molecule is C=Cc1ccc(C(=O)Nc2cccc3c2C(=O)c2ccccc2C3=O)cc1. The summed E-state index contributed by atoms with van der Waals surface area (Å²) in [5.41, 5.74) is 2.97. The molecule has 0 radical (unpaired) electrons. The zero-order chi connectivity index (χ0) is 19.0. The maximum absolute atomic E-state index is 13.0. The highest BCUT2D eigenvalue weighted by Gasteiger charge is 2.31. The molecule has 0 aliphatic heterocycles. The van der Waals surface area contributed by atoms with E-state index in [1.54, 1.807) is 72.8 Å². The second-order valence-electron chi connectivity index (χ2n) is 6.21. The van der Waals surface area contributed by atoms with E-state index in [1.807, 2.05) is 0 Å². The molecule has 130 valence electrons. The normalized spacial score (nSPS) is 12.1. The summed E-state index contributed by atoms with van der Waals surface area (Å²) in [5, 5.41) is 2.77. The number of nitrogens with one attached hydrogen (secondary N) is 1. The highest BCUT2D eigenvalue weighted by atomic mass is 16.2. The van der Waals surface area contributed by atoms with Crippen molar-refractivity contribution in [1.29, 1.82) is 0 Å². The molecule has 4 heteroatoms. The Balaban J connectivity index is 1.73. The van der Waals surface area contributed by atoms with Gasteiger partial charge in [0.15, 0.2) is 11.6 Å². The number of benzene rings is 3. The lowest BCUT2D eigenvalue weighted by Crippen LogP contribution is -2.23. The van der Waals surface area contributed by atoms with Gasteiger partial charge in [0, 0.05) is 22.3 Å². The van der Waals surface area contributed by atoms with Crippen LogP contribution in [-0.4, -0.2) is 17.5 Å². The van der Waals surface area contributed by atoms with Crippen molar-refractivity contribution in [3.05, 3.63) is 107 Å². The molecule has 0 fully saturated rings. The van der Waals surface area contributed by atoms with Crippen molar-refractivity contribution >= 4 is 29.2 Å². The summed E-state index contributed by atoms with van der Waals surface area (Å²) in [6.07, 6.45) is 1.69. The van der Waals surface area contributed by atoms with Crippen molar-refractivity contribution in [2.24, 2.45) is 0 Å². The number of hydrogen-bond acceptors (Lipinski definition) is 3. The summed E-state index contributed by atoms with van der Waals surface area (Å²) in [4.78, 5) is 38.3. The molecule has 4 nitrogen and oxygen atoms in total. The maximum atomic E-state index is 13.0. The number of fused-ring (bicyclic) bond motifs is 2. The average Bonchev–Trinajstić information content (AvgIpc) is 2.72. The molecule has 27 heavy (non-hydrogen) atoms. The van der Waals surface area contributed by atoms with Gasteiger partial charge in [-0.3, -0.25) is 14.4 Å². The Kier molecular flexibility index (Phi) is 4.01. The van der Waals surface area contributed by atoms with Gasteiger partial charge in [0.2, 0.25) is 0 Å². The van der Waals surface area contributed by atoms with Crippen LogP contribution in [0.5, 0.6) is 0 Å². The molecule has 3 aromatic carbocycles. The van der Waals surface area contributed by atoms with E-state index in [-0.39, 0.29) is 23.0 Å². The van der Waals surface area contributed by atoms with Crippen LogP contribution in [0.1, 0.15) is 47.8 Å². The lowest BCUT2D eigenvalue weighted by molar-refractivity contribution is 0.0978. The Labute approximate surface area is 156 Å². The van der Waals surface area contributed by atoms with Crippen LogP contribution in [0, 0.1) is 0 Å². The molecule has 1 N–H and O–H groups in total. The van der Waals surface area contributed by atoms with E-state index in [0.29, 0.717) is 27.9 Å². The molecule has 4 rings (SSSR count). The molecule has 0 heterocycles. The minimum absolute atomic E-state index is 0.216. The Hall–Kier alpha value is -3.79. The van der Waals surface area contributed by atoms with E-state index < -0.39 is 0 Å². The number of hydrogen-bond donors (Lipinski definition) is 1. The Morgan fingerprint density at radius 3 is 2.07 bits per heavy atom. The molecule has 0 saturated carbocycles. The number of carbonyl (C=O) groups is 3. The van der Waals surface area contributed by atoms with Crippen LogP contribution in [0.25, 0.3) is 6.08 Å². The average molecular weight is 353 g/mol. The smallest absolute Gasteiger partial charge is 0.255 e. The summed E-state index contributed by atoms with van der Waals surface area (Å²) in [7, 11) is 0. The van der Waals surface area contributed by atoms with Crippen LogP contribution in [0.15, 0.2) is 73.3 Å². The van der Waals surface area contributed by atoms with Crippen LogP contribution in [0.4, 0.5) is 5.69 Å². The number of carbonyl (C=O) groups excluding carboxylic acids is 3. The second kappa shape index (κ2) is 6.50. The van der Waals surface area contributed by atoms with Crippen molar-refractivity contribution in [3.63, 3.8) is 0 Å². The van der Waals surface area contributed by atoms with E-state index in [4.69, 9.17) is 0 Å². The molecule has 0 saturated heterocycles. The monoisotopic (exact) mass is 353 g/mol. The highest BCUT2D eigenvalue weighted by Crippen LogP contribution is 2.32. The largest absolute Gasteiger partial charge is 0.321 e. The molecule has 1 aliphatic rings. The molecule has 0 unspecified atom stereocenters. The fourth-order valence-electron chi connectivity index (χ4n) is 3.21. The fourth-order valence-corrected chi connectivity index (χ4v) is 3.21. The van der Waals surface area contributed by atoms with Crippen LogP contribution in [0.2, 0.25) is 0 Å². The van der Waals surface area contributed by atoms with Gasteiger partial charge < -0.3 is 5.32 Å². The third-order valence-electron chi connectivity index (χ3n) is 4.61. The van der Waals surface area contributed by atoms with Crippen molar-refractivity contribution in [2.75, 3.05) is 5.32 Å². The van der Waals surface area contributed by atoms with Gasteiger partial charge in [0.25, 0.3) is 5.91 Å². The van der Waals surface area contributed by atoms with Gasteiger partial charge in [-0.2, -0.15) is 0 Å². The first-order chi connectivity index (χ1) is 13.1. The van der Waals surface area contributed by atoms with Crippen LogP contribution in [0.3, 0.4) is 0 Å². The summed E-state index contributed by atoms with van der Waals surface area (Å²) >= 11 is 0. The molecule has 0 spiro atoms.